The lowest BCUT2D eigenvalue weighted by Crippen LogP contribution is -2.28. The zero-order chi connectivity index (χ0) is 13.2. The fraction of sp³-hybridized carbons (Fsp3) is 1.00. The predicted octanol–water partition coefficient (Wildman–Crippen LogP) is 2.19. The van der Waals surface area contributed by atoms with Crippen molar-refractivity contribution in [2.24, 2.45) is 0 Å². The van der Waals surface area contributed by atoms with Crippen LogP contribution in [0.1, 0.15) is 40.5 Å². The third-order valence-corrected chi connectivity index (χ3v) is 1.96. The summed E-state index contributed by atoms with van der Waals surface area (Å²) in [5.41, 5.74) is 0. The van der Waals surface area contributed by atoms with Crippen LogP contribution in [-0.2, 0) is 0 Å². The maximum atomic E-state index is 3.15. The van der Waals surface area contributed by atoms with Gasteiger partial charge in [0.1, 0.15) is 0 Å². The third kappa shape index (κ3) is 23.6. The monoisotopic (exact) mass is 233 g/mol. The normalized spacial score (nSPS) is 9.00. The zero-order valence-corrected chi connectivity index (χ0v) is 12.7. The van der Waals surface area contributed by atoms with Crippen LogP contribution in [-0.4, -0.2) is 52.2 Å². The van der Waals surface area contributed by atoms with Crippen LogP contribution in [0.5, 0.6) is 0 Å². The number of unbranched alkanes of at least 4 members (excludes halogenated alkanes) is 1. The lowest BCUT2D eigenvalue weighted by molar-refractivity contribution is 0.327. The molecule has 0 rings (SSSR count). The first-order valence-electron chi connectivity index (χ1n) is 6.79. The molecule has 0 aromatic carbocycles. The largest absolute Gasteiger partial charge is 0.320 e. The fourth-order valence-corrected chi connectivity index (χ4v) is 1.10. The number of hydrogen-bond acceptors (Lipinski definition) is 3. The summed E-state index contributed by atoms with van der Waals surface area (Å²) in [6.45, 7) is 12.6. The smallest absolute Gasteiger partial charge is 0.0104 e. The third-order valence-electron chi connectivity index (χ3n) is 1.96. The summed E-state index contributed by atoms with van der Waals surface area (Å²) < 4.78 is 0. The lowest BCUT2D eigenvalue weighted by Gasteiger charge is -2.15. The highest BCUT2D eigenvalue weighted by molar-refractivity contribution is 4.53. The van der Waals surface area contributed by atoms with Crippen molar-refractivity contribution in [3.8, 4) is 0 Å². The summed E-state index contributed by atoms with van der Waals surface area (Å²) in [4.78, 5) is 2.37. The molecule has 3 heteroatoms. The number of likely N-dealkylation sites (N-methyl/N-ethyl adjacent to an activating group) is 2. The van der Waals surface area contributed by atoms with E-state index in [0.29, 0.717) is 0 Å². The first kappa shape index (κ1) is 21.2. The SMILES string of the molecule is CC.CC.CNCCCCN(C)CCNC. The van der Waals surface area contributed by atoms with Crippen LogP contribution < -0.4 is 10.6 Å². The molecule has 0 atom stereocenters. The lowest BCUT2D eigenvalue weighted by atomic mass is 10.3. The van der Waals surface area contributed by atoms with Gasteiger partial charge in [-0.15, -0.1) is 0 Å². The molecule has 0 aliphatic rings. The summed E-state index contributed by atoms with van der Waals surface area (Å²) in [7, 11) is 6.18. The van der Waals surface area contributed by atoms with Crippen LogP contribution in [0.2, 0.25) is 0 Å². The highest BCUT2D eigenvalue weighted by atomic mass is 15.1. The van der Waals surface area contributed by atoms with Crippen LogP contribution in [0.25, 0.3) is 0 Å². The van der Waals surface area contributed by atoms with E-state index in [1.54, 1.807) is 0 Å². The van der Waals surface area contributed by atoms with E-state index in [0.717, 1.165) is 19.6 Å². The van der Waals surface area contributed by atoms with Crippen LogP contribution in [0.4, 0.5) is 0 Å². The first-order valence-corrected chi connectivity index (χ1v) is 6.79. The van der Waals surface area contributed by atoms with Crippen LogP contribution >= 0.6 is 0 Å². The summed E-state index contributed by atoms with van der Waals surface area (Å²) in [5.74, 6) is 0. The zero-order valence-electron chi connectivity index (χ0n) is 12.7. The Labute approximate surface area is 104 Å². The molecule has 0 saturated carbocycles. The Hall–Kier alpha value is -0.120. The van der Waals surface area contributed by atoms with E-state index in [1.165, 1.54) is 19.4 Å². The fourth-order valence-electron chi connectivity index (χ4n) is 1.10. The average Bonchev–Trinajstić information content (AvgIpc) is 2.37. The molecule has 3 nitrogen and oxygen atoms in total. The predicted molar refractivity (Wildman–Crippen MR) is 77.3 cm³/mol. The molecule has 0 fully saturated rings. The van der Waals surface area contributed by atoms with Crippen molar-refractivity contribution in [2.75, 3.05) is 47.3 Å². The van der Waals surface area contributed by atoms with E-state index >= 15 is 0 Å². The summed E-state index contributed by atoms with van der Waals surface area (Å²) in [6.07, 6.45) is 2.57. The van der Waals surface area contributed by atoms with Gasteiger partial charge in [0.2, 0.25) is 0 Å². The van der Waals surface area contributed by atoms with Gasteiger partial charge in [-0.05, 0) is 47.1 Å². The van der Waals surface area contributed by atoms with Gasteiger partial charge in [-0.25, -0.2) is 0 Å². The van der Waals surface area contributed by atoms with Crippen LogP contribution in [0.15, 0.2) is 0 Å². The molecule has 0 radical (unpaired) electrons. The molecule has 16 heavy (non-hydrogen) atoms. The van der Waals surface area contributed by atoms with E-state index in [-0.39, 0.29) is 0 Å². The molecule has 0 amide bonds. The molecule has 0 saturated heterocycles. The Morgan fingerprint density at radius 3 is 1.69 bits per heavy atom. The second kappa shape index (κ2) is 24.2. The number of rotatable bonds is 8. The molecule has 0 aromatic heterocycles. The van der Waals surface area contributed by atoms with Crippen molar-refractivity contribution in [1.82, 2.24) is 15.5 Å². The van der Waals surface area contributed by atoms with Gasteiger partial charge >= 0.3 is 0 Å². The van der Waals surface area contributed by atoms with E-state index in [1.807, 2.05) is 41.8 Å². The molecule has 102 valence electrons. The molecule has 2 N–H and O–H groups in total. The highest BCUT2D eigenvalue weighted by Crippen LogP contribution is 1.90. The summed E-state index contributed by atoms with van der Waals surface area (Å²) in [6, 6.07) is 0. The molecule has 0 unspecified atom stereocenters. The number of nitrogens with zero attached hydrogens (tertiary/aromatic N) is 1. The molecule has 0 aliphatic carbocycles. The second-order valence-electron chi connectivity index (χ2n) is 3.22. The van der Waals surface area contributed by atoms with Crippen molar-refractivity contribution in [1.29, 1.82) is 0 Å². The van der Waals surface area contributed by atoms with Crippen LogP contribution in [0, 0.1) is 0 Å². The van der Waals surface area contributed by atoms with Gasteiger partial charge in [-0.3, -0.25) is 0 Å². The van der Waals surface area contributed by atoms with E-state index in [2.05, 4.69) is 22.6 Å². The Morgan fingerprint density at radius 2 is 1.25 bits per heavy atom. The minimum Gasteiger partial charge on any atom is -0.320 e. The highest BCUT2D eigenvalue weighted by Gasteiger charge is 1.95. The Bertz CT molecular complexity index is 87.2. The maximum Gasteiger partial charge on any atom is 0.0104 e. The van der Waals surface area contributed by atoms with E-state index < -0.39 is 0 Å². The van der Waals surface area contributed by atoms with Crippen molar-refractivity contribution in [3.05, 3.63) is 0 Å². The number of nitrogens with one attached hydrogen (secondary N) is 2. The Balaban J connectivity index is -0.000000376. The standard InChI is InChI=1S/C9H23N3.2C2H6/c1-10-6-4-5-8-12(3)9-7-11-2;2*1-2/h10-11H,4-9H2,1-3H3;2*1-2H3. The quantitative estimate of drug-likeness (QED) is 0.629. The van der Waals surface area contributed by atoms with Gasteiger partial charge < -0.3 is 15.5 Å². The number of hydrogen-bond donors (Lipinski definition) is 2. The van der Waals surface area contributed by atoms with Crippen molar-refractivity contribution in [2.45, 2.75) is 40.5 Å². The molecule has 0 bridgehead atoms. The van der Waals surface area contributed by atoms with E-state index in [4.69, 9.17) is 0 Å². The minimum absolute atomic E-state index is 1.09. The van der Waals surface area contributed by atoms with Gasteiger partial charge in [0.05, 0.1) is 0 Å². The summed E-state index contributed by atoms with van der Waals surface area (Å²) >= 11 is 0. The van der Waals surface area contributed by atoms with Crippen molar-refractivity contribution >= 4 is 0 Å². The molecule has 0 heterocycles. The molecular weight excluding hydrogens is 198 g/mol. The van der Waals surface area contributed by atoms with Gasteiger partial charge in [0.15, 0.2) is 0 Å². The molecular formula is C13H35N3. The maximum absolute atomic E-state index is 3.15. The van der Waals surface area contributed by atoms with Gasteiger partial charge in [-0.2, -0.15) is 0 Å². The first-order chi connectivity index (χ1) is 7.81. The van der Waals surface area contributed by atoms with Crippen LogP contribution in [0.3, 0.4) is 0 Å². The molecule has 0 spiro atoms. The second-order valence-corrected chi connectivity index (χ2v) is 3.22. The van der Waals surface area contributed by atoms with Crippen molar-refractivity contribution < 1.29 is 0 Å². The average molecular weight is 233 g/mol. The van der Waals surface area contributed by atoms with Gasteiger partial charge in [-0.1, -0.05) is 27.7 Å². The molecule has 0 aliphatic heterocycles. The Morgan fingerprint density at radius 1 is 0.750 bits per heavy atom. The Kier molecular flexibility index (Phi) is 32.1. The summed E-state index contributed by atoms with van der Waals surface area (Å²) in [5, 5.41) is 6.30. The van der Waals surface area contributed by atoms with Gasteiger partial charge in [0.25, 0.3) is 0 Å². The topological polar surface area (TPSA) is 27.3 Å². The molecule has 0 aromatic rings. The minimum atomic E-state index is 1.09. The van der Waals surface area contributed by atoms with Crippen molar-refractivity contribution in [3.63, 3.8) is 0 Å². The van der Waals surface area contributed by atoms with Gasteiger partial charge in [0, 0.05) is 13.1 Å². The van der Waals surface area contributed by atoms with E-state index in [9.17, 15) is 0 Å².